The van der Waals surface area contributed by atoms with E-state index in [1.807, 2.05) is 4.57 Å². The van der Waals surface area contributed by atoms with Crippen LogP contribution in [0.2, 0.25) is 5.02 Å². The Balaban J connectivity index is 2.73. The number of ether oxygens (including phenoxy) is 1. The van der Waals surface area contributed by atoms with Crippen molar-refractivity contribution >= 4 is 28.5 Å². The summed E-state index contributed by atoms with van der Waals surface area (Å²) >= 11 is 6.00. The van der Waals surface area contributed by atoms with Crippen molar-refractivity contribution in [3.05, 3.63) is 45.2 Å². The SMILES string of the molecule is CCCCn1cc(C(=O)OC)c(=O)c2ccc(Cl)cc21. The average molecular weight is 294 g/mol. The number of aromatic nitrogens is 1. The molecule has 0 aliphatic carbocycles. The number of nitrogens with zero attached hydrogens (tertiary/aromatic N) is 1. The van der Waals surface area contributed by atoms with E-state index in [0.29, 0.717) is 10.4 Å². The summed E-state index contributed by atoms with van der Waals surface area (Å²) in [5, 5.41) is 1.04. The Bertz CT molecular complexity index is 706. The molecule has 0 aliphatic heterocycles. The molecule has 106 valence electrons. The van der Waals surface area contributed by atoms with E-state index in [0.717, 1.165) is 24.9 Å². The molecule has 0 fully saturated rings. The number of halogens is 1. The van der Waals surface area contributed by atoms with Crippen molar-refractivity contribution in [3.63, 3.8) is 0 Å². The Hall–Kier alpha value is -1.81. The molecule has 2 rings (SSSR count). The van der Waals surface area contributed by atoms with Gasteiger partial charge in [0.05, 0.1) is 12.6 Å². The number of fused-ring (bicyclic) bond motifs is 1. The van der Waals surface area contributed by atoms with Crippen molar-refractivity contribution in [2.24, 2.45) is 0 Å². The van der Waals surface area contributed by atoms with Crippen molar-refractivity contribution < 1.29 is 9.53 Å². The number of methoxy groups -OCH3 is 1. The summed E-state index contributed by atoms with van der Waals surface area (Å²) in [7, 11) is 1.27. The number of aryl methyl sites for hydroxylation is 1. The van der Waals surface area contributed by atoms with E-state index in [4.69, 9.17) is 11.6 Å². The summed E-state index contributed by atoms with van der Waals surface area (Å²) in [5.41, 5.74) is 0.471. The van der Waals surface area contributed by atoms with Crippen LogP contribution in [-0.4, -0.2) is 17.6 Å². The largest absolute Gasteiger partial charge is 0.465 e. The Morgan fingerprint density at radius 1 is 1.40 bits per heavy atom. The maximum absolute atomic E-state index is 12.3. The van der Waals surface area contributed by atoms with Gasteiger partial charge in [0.2, 0.25) is 5.43 Å². The van der Waals surface area contributed by atoms with Gasteiger partial charge < -0.3 is 9.30 Å². The Morgan fingerprint density at radius 3 is 2.80 bits per heavy atom. The lowest BCUT2D eigenvalue weighted by Crippen LogP contribution is -2.20. The molecule has 0 unspecified atom stereocenters. The zero-order valence-corrected chi connectivity index (χ0v) is 12.2. The molecule has 0 aliphatic rings. The maximum Gasteiger partial charge on any atom is 0.343 e. The van der Waals surface area contributed by atoms with Gasteiger partial charge in [0, 0.05) is 23.2 Å². The predicted octanol–water partition coefficient (Wildman–Crippen LogP) is 3.24. The van der Waals surface area contributed by atoms with Crippen molar-refractivity contribution in [1.29, 1.82) is 0 Å². The first-order valence-corrected chi connectivity index (χ1v) is 6.87. The first-order valence-electron chi connectivity index (χ1n) is 6.49. The van der Waals surface area contributed by atoms with Crippen LogP contribution in [0.15, 0.2) is 29.2 Å². The van der Waals surface area contributed by atoms with Crippen LogP contribution < -0.4 is 5.43 Å². The van der Waals surface area contributed by atoms with Gasteiger partial charge in [-0.25, -0.2) is 4.79 Å². The highest BCUT2D eigenvalue weighted by molar-refractivity contribution is 6.31. The Morgan fingerprint density at radius 2 is 2.15 bits per heavy atom. The van der Waals surface area contributed by atoms with Crippen LogP contribution in [0.3, 0.4) is 0 Å². The summed E-state index contributed by atoms with van der Waals surface area (Å²) in [6.45, 7) is 2.80. The minimum absolute atomic E-state index is 0.0541. The van der Waals surface area contributed by atoms with Crippen molar-refractivity contribution in [1.82, 2.24) is 4.57 Å². The zero-order chi connectivity index (χ0) is 14.7. The molecule has 5 heteroatoms. The lowest BCUT2D eigenvalue weighted by molar-refractivity contribution is 0.0598. The third-order valence-corrected chi connectivity index (χ3v) is 3.44. The Kier molecular flexibility index (Phi) is 4.45. The topological polar surface area (TPSA) is 48.3 Å². The first-order chi connectivity index (χ1) is 9.58. The van der Waals surface area contributed by atoms with Gasteiger partial charge >= 0.3 is 5.97 Å². The van der Waals surface area contributed by atoms with Gasteiger partial charge in [-0.2, -0.15) is 0 Å². The fraction of sp³-hybridized carbons (Fsp3) is 0.333. The smallest absolute Gasteiger partial charge is 0.343 e. The number of rotatable bonds is 4. The van der Waals surface area contributed by atoms with Gasteiger partial charge in [-0.1, -0.05) is 24.9 Å². The Labute approximate surface area is 121 Å². The van der Waals surface area contributed by atoms with E-state index in [1.54, 1.807) is 24.4 Å². The third-order valence-electron chi connectivity index (χ3n) is 3.20. The number of carbonyl (C=O) groups is 1. The van der Waals surface area contributed by atoms with Gasteiger partial charge in [0.15, 0.2) is 0 Å². The molecular weight excluding hydrogens is 278 g/mol. The number of hydrogen-bond donors (Lipinski definition) is 0. The summed E-state index contributed by atoms with van der Waals surface area (Å²) in [4.78, 5) is 24.0. The van der Waals surface area contributed by atoms with Gasteiger partial charge in [-0.05, 0) is 24.6 Å². The molecule has 1 aromatic carbocycles. The number of pyridine rings is 1. The van der Waals surface area contributed by atoms with Crippen LogP contribution in [0.5, 0.6) is 0 Å². The second-order valence-electron chi connectivity index (χ2n) is 4.57. The number of benzene rings is 1. The van der Waals surface area contributed by atoms with Crippen molar-refractivity contribution in [2.75, 3.05) is 7.11 Å². The van der Waals surface area contributed by atoms with E-state index in [9.17, 15) is 9.59 Å². The van der Waals surface area contributed by atoms with Crippen molar-refractivity contribution in [2.45, 2.75) is 26.3 Å². The molecule has 0 saturated heterocycles. The van der Waals surface area contributed by atoms with E-state index in [-0.39, 0.29) is 11.0 Å². The molecule has 0 radical (unpaired) electrons. The molecule has 4 nitrogen and oxygen atoms in total. The van der Waals surface area contributed by atoms with Crippen LogP contribution in [0.25, 0.3) is 10.9 Å². The van der Waals surface area contributed by atoms with Crippen molar-refractivity contribution in [3.8, 4) is 0 Å². The summed E-state index contributed by atoms with van der Waals surface area (Å²) in [6, 6.07) is 5.04. The van der Waals surface area contributed by atoms with E-state index in [1.165, 1.54) is 7.11 Å². The number of unbranched alkanes of at least 4 members (excludes halogenated alkanes) is 1. The minimum atomic E-state index is -0.614. The van der Waals surface area contributed by atoms with Crippen LogP contribution in [0.1, 0.15) is 30.1 Å². The fourth-order valence-electron chi connectivity index (χ4n) is 2.13. The highest BCUT2D eigenvalue weighted by Gasteiger charge is 2.15. The number of esters is 1. The maximum atomic E-state index is 12.3. The molecule has 0 bridgehead atoms. The van der Waals surface area contributed by atoms with Crippen LogP contribution in [0.4, 0.5) is 0 Å². The summed E-state index contributed by atoms with van der Waals surface area (Å²) in [5.74, 6) is -0.614. The fourth-order valence-corrected chi connectivity index (χ4v) is 2.30. The molecule has 0 spiro atoms. The average Bonchev–Trinajstić information content (AvgIpc) is 2.45. The molecule has 0 N–H and O–H groups in total. The second kappa shape index (κ2) is 6.09. The van der Waals surface area contributed by atoms with Gasteiger partial charge in [-0.15, -0.1) is 0 Å². The van der Waals surface area contributed by atoms with Gasteiger partial charge in [0.25, 0.3) is 0 Å². The molecule has 2 aromatic rings. The first kappa shape index (κ1) is 14.6. The number of carbonyl (C=O) groups excluding carboxylic acids is 1. The lowest BCUT2D eigenvalue weighted by Gasteiger charge is -2.12. The van der Waals surface area contributed by atoms with Crippen LogP contribution in [0, 0.1) is 0 Å². The lowest BCUT2D eigenvalue weighted by atomic mass is 10.1. The van der Waals surface area contributed by atoms with Crippen LogP contribution in [-0.2, 0) is 11.3 Å². The second-order valence-corrected chi connectivity index (χ2v) is 5.01. The van der Waals surface area contributed by atoms with Gasteiger partial charge in [0.1, 0.15) is 5.56 Å². The standard InChI is InChI=1S/C15H16ClNO3/c1-3-4-7-17-9-12(15(19)20-2)14(18)11-6-5-10(16)8-13(11)17/h5-6,8-9H,3-4,7H2,1-2H3. The highest BCUT2D eigenvalue weighted by Crippen LogP contribution is 2.18. The molecule has 0 saturated carbocycles. The van der Waals surface area contributed by atoms with E-state index in [2.05, 4.69) is 11.7 Å². The van der Waals surface area contributed by atoms with E-state index < -0.39 is 5.97 Å². The molecule has 20 heavy (non-hydrogen) atoms. The summed E-state index contributed by atoms with van der Waals surface area (Å²) < 4.78 is 6.56. The highest BCUT2D eigenvalue weighted by atomic mass is 35.5. The number of hydrogen-bond acceptors (Lipinski definition) is 3. The molecular formula is C15H16ClNO3. The minimum Gasteiger partial charge on any atom is -0.465 e. The van der Waals surface area contributed by atoms with Gasteiger partial charge in [-0.3, -0.25) is 4.79 Å². The third kappa shape index (κ3) is 2.70. The molecule has 0 atom stereocenters. The van der Waals surface area contributed by atoms with E-state index >= 15 is 0 Å². The normalized spacial score (nSPS) is 10.8. The predicted molar refractivity (Wildman–Crippen MR) is 79.5 cm³/mol. The zero-order valence-electron chi connectivity index (χ0n) is 11.5. The molecule has 0 amide bonds. The molecule has 1 aromatic heterocycles. The monoisotopic (exact) mass is 293 g/mol. The quantitative estimate of drug-likeness (QED) is 0.813. The molecule has 1 heterocycles. The van der Waals surface area contributed by atoms with Crippen LogP contribution >= 0.6 is 11.6 Å². The summed E-state index contributed by atoms with van der Waals surface area (Å²) in [6.07, 6.45) is 3.52.